The lowest BCUT2D eigenvalue weighted by molar-refractivity contribution is 0.512. The first-order valence-electron chi connectivity index (χ1n) is 11.2. The molecule has 0 radical (unpaired) electrons. The van der Waals surface area contributed by atoms with E-state index in [2.05, 4.69) is 128 Å². The summed E-state index contributed by atoms with van der Waals surface area (Å²) in [6.07, 6.45) is 12.9. The Morgan fingerprint density at radius 1 is 0.781 bits per heavy atom. The van der Waals surface area contributed by atoms with Crippen LogP contribution in [0, 0.1) is 6.92 Å². The summed E-state index contributed by atoms with van der Waals surface area (Å²) in [5.41, 5.74) is 11.4. The molecule has 2 heteroatoms. The highest BCUT2D eigenvalue weighted by Crippen LogP contribution is 2.32. The Kier molecular flexibility index (Phi) is 5.51. The van der Waals surface area contributed by atoms with Crippen molar-refractivity contribution in [3.05, 3.63) is 120 Å². The number of rotatable bonds is 4. The monoisotopic (exact) mass is 416 g/mol. The van der Waals surface area contributed by atoms with Gasteiger partial charge in [0.2, 0.25) is 0 Å². The van der Waals surface area contributed by atoms with Crippen LogP contribution in [-0.4, -0.2) is 25.0 Å². The maximum absolute atomic E-state index is 3.31. The van der Waals surface area contributed by atoms with Crippen LogP contribution in [0.25, 0.3) is 33.4 Å². The van der Waals surface area contributed by atoms with E-state index < -0.39 is 0 Å². The third-order valence-electron chi connectivity index (χ3n) is 6.02. The molecule has 1 N–H and O–H groups in total. The van der Waals surface area contributed by atoms with Gasteiger partial charge in [-0.1, -0.05) is 66.8 Å². The Morgan fingerprint density at radius 2 is 1.44 bits per heavy atom. The molecule has 3 aromatic carbocycles. The molecule has 5 rings (SSSR count). The summed E-state index contributed by atoms with van der Waals surface area (Å²) in [6.45, 7) is 4.01. The molecular weight excluding hydrogens is 388 g/mol. The molecule has 0 atom stereocenters. The number of nitrogens with one attached hydrogen (secondary N) is 1. The Morgan fingerprint density at radius 3 is 2.12 bits per heavy atom. The Bertz CT molecular complexity index is 1270. The van der Waals surface area contributed by atoms with E-state index in [0.29, 0.717) is 0 Å². The van der Waals surface area contributed by atoms with Crippen molar-refractivity contribution < 1.29 is 0 Å². The van der Waals surface area contributed by atoms with Gasteiger partial charge >= 0.3 is 0 Å². The van der Waals surface area contributed by atoms with Crippen molar-refractivity contribution in [1.82, 2.24) is 10.2 Å². The van der Waals surface area contributed by atoms with Gasteiger partial charge < -0.3 is 10.2 Å². The first kappa shape index (κ1) is 20.1. The molecule has 0 fully saturated rings. The lowest BCUT2D eigenvalue weighted by atomic mass is 9.93. The number of hydrogen-bond donors (Lipinski definition) is 1. The fourth-order valence-electron chi connectivity index (χ4n) is 4.41. The predicted octanol–water partition coefficient (Wildman–Crippen LogP) is 6.67. The zero-order valence-electron chi connectivity index (χ0n) is 18.7. The summed E-state index contributed by atoms with van der Waals surface area (Å²) in [5, 5.41) is 3.31. The molecule has 2 aliphatic heterocycles. The van der Waals surface area contributed by atoms with Crippen LogP contribution in [0.3, 0.4) is 0 Å². The minimum atomic E-state index is 0.896. The quantitative estimate of drug-likeness (QED) is 0.511. The van der Waals surface area contributed by atoms with E-state index in [4.69, 9.17) is 0 Å². The lowest BCUT2D eigenvalue weighted by Crippen LogP contribution is -2.15. The number of nitrogens with zero attached hydrogens (tertiary/aromatic N) is 1. The summed E-state index contributed by atoms with van der Waals surface area (Å²) in [7, 11) is 2.11. The normalized spacial score (nSPS) is 15.2. The van der Waals surface area contributed by atoms with Crippen molar-refractivity contribution in [3.63, 3.8) is 0 Å². The standard InChI is InChI=1S/C30H28N2/c1-22-15-29(25-9-3-7-23(17-25)27-11-5-13-31-20-27)19-30(16-22)26-10-4-8-24(18-26)28-12-6-14-32(2)21-28/h3-12,14-20,31H,13,21H2,1-2H3. The molecule has 158 valence electrons. The zero-order chi connectivity index (χ0) is 21.9. The summed E-state index contributed by atoms with van der Waals surface area (Å²) in [6, 6.07) is 24.6. The minimum absolute atomic E-state index is 0.896. The Labute approximate surface area is 190 Å². The van der Waals surface area contributed by atoms with Gasteiger partial charge in [0.25, 0.3) is 0 Å². The highest BCUT2D eigenvalue weighted by Gasteiger charge is 2.10. The van der Waals surface area contributed by atoms with Gasteiger partial charge in [-0.25, -0.2) is 0 Å². The first-order valence-corrected chi connectivity index (χ1v) is 11.2. The number of hydrogen-bond acceptors (Lipinski definition) is 2. The zero-order valence-corrected chi connectivity index (χ0v) is 18.7. The average Bonchev–Trinajstić information content (AvgIpc) is 2.84. The number of dihydropyridines is 1. The number of allylic oxidation sites excluding steroid dienone is 4. The van der Waals surface area contributed by atoms with E-state index in [1.54, 1.807) is 0 Å². The molecule has 0 unspecified atom stereocenters. The van der Waals surface area contributed by atoms with Crippen LogP contribution in [0.15, 0.2) is 103 Å². The topological polar surface area (TPSA) is 15.3 Å². The molecule has 0 bridgehead atoms. The van der Waals surface area contributed by atoms with Crippen molar-refractivity contribution >= 4 is 11.1 Å². The maximum Gasteiger partial charge on any atom is 0.0426 e. The van der Waals surface area contributed by atoms with E-state index in [1.165, 1.54) is 50.1 Å². The first-order chi connectivity index (χ1) is 15.7. The highest BCUT2D eigenvalue weighted by molar-refractivity contribution is 5.81. The SMILES string of the molecule is Cc1cc(-c2cccc(C3=CNCC=C3)c2)cc(-c2cccc(C3=CC=CN(C)C3)c2)c1. The second kappa shape index (κ2) is 8.76. The van der Waals surface area contributed by atoms with Crippen LogP contribution in [0.2, 0.25) is 0 Å². The number of aryl methyl sites for hydroxylation is 1. The molecule has 0 aliphatic carbocycles. The number of benzene rings is 3. The van der Waals surface area contributed by atoms with Gasteiger partial charge in [0.05, 0.1) is 0 Å². The fourth-order valence-corrected chi connectivity index (χ4v) is 4.41. The molecule has 0 spiro atoms. The lowest BCUT2D eigenvalue weighted by Gasteiger charge is -2.20. The summed E-state index contributed by atoms with van der Waals surface area (Å²) in [4.78, 5) is 2.21. The number of likely N-dealkylation sites (N-methyl/N-ethyl adjacent to an activating group) is 1. The van der Waals surface area contributed by atoms with Crippen LogP contribution < -0.4 is 5.32 Å². The molecule has 2 nitrogen and oxygen atoms in total. The maximum atomic E-state index is 3.31. The van der Waals surface area contributed by atoms with E-state index >= 15 is 0 Å². The smallest absolute Gasteiger partial charge is 0.0426 e. The van der Waals surface area contributed by atoms with Crippen molar-refractivity contribution in [1.29, 1.82) is 0 Å². The molecule has 0 aromatic heterocycles. The van der Waals surface area contributed by atoms with Crippen LogP contribution in [0.4, 0.5) is 0 Å². The Hall–Kier alpha value is -3.78. The van der Waals surface area contributed by atoms with Crippen LogP contribution in [0.1, 0.15) is 16.7 Å². The largest absolute Gasteiger partial charge is 0.387 e. The van der Waals surface area contributed by atoms with E-state index in [9.17, 15) is 0 Å². The van der Waals surface area contributed by atoms with Gasteiger partial charge in [-0.15, -0.1) is 0 Å². The molecule has 2 aliphatic rings. The highest BCUT2D eigenvalue weighted by atomic mass is 15.1. The minimum Gasteiger partial charge on any atom is -0.387 e. The van der Waals surface area contributed by atoms with Gasteiger partial charge in [-0.2, -0.15) is 0 Å². The molecule has 2 heterocycles. The average molecular weight is 417 g/mol. The van der Waals surface area contributed by atoms with Gasteiger partial charge in [0.15, 0.2) is 0 Å². The van der Waals surface area contributed by atoms with E-state index in [0.717, 1.165) is 13.1 Å². The second-order valence-electron chi connectivity index (χ2n) is 8.61. The molecule has 3 aromatic rings. The molecule has 0 saturated carbocycles. The third-order valence-corrected chi connectivity index (χ3v) is 6.02. The van der Waals surface area contributed by atoms with Crippen molar-refractivity contribution in [2.24, 2.45) is 0 Å². The summed E-state index contributed by atoms with van der Waals surface area (Å²) in [5.74, 6) is 0. The van der Waals surface area contributed by atoms with Crippen LogP contribution >= 0.6 is 0 Å². The van der Waals surface area contributed by atoms with Crippen molar-refractivity contribution in [2.75, 3.05) is 20.1 Å². The van der Waals surface area contributed by atoms with Gasteiger partial charge in [0, 0.05) is 26.3 Å². The summed E-state index contributed by atoms with van der Waals surface area (Å²) < 4.78 is 0. The predicted molar refractivity (Wildman–Crippen MR) is 137 cm³/mol. The van der Waals surface area contributed by atoms with E-state index in [-0.39, 0.29) is 0 Å². The second-order valence-corrected chi connectivity index (χ2v) is 8.61. The summed E-state index contributed by atoms with van der Waals surface area (Å²) >= 11 is 0. The van der Waals surface area contributed by atoms with Crippen LogP contribution in [-0.2, 0) is 0 Å². The van der Waals surface area contributed by atoms with Crippen LogP contribution in [0.5, 0.6) is 0 Å². The van der Waals surface area contributed by atoms with Crippen molar-refractivity contribution in [2.45, 2.75) is 6.92 Å². The third kappa shape index (κ3) is 4.31. The van der Waals surface area contributed by atoms with Gasteiger partial charge in [0.1, 0.15) is 0 Å². The molecular formula is C30H28N2. The molecule has 0 amide bonds. The van der Waals surface area contributed by atoms with E-state index in [1.807, 2.05) is 0 Å². The van der Waals surface area contributed by atoms with Gasteiger partial charge in [-0.05, 0) is 87.5 Å². The van der Waals surface area contributed by atoms with Gasteiger partial charge in [-0.3, -0.25) is 0 Å². The van der Waals surface area contributed by atoms with Crippen molar-refractivity contribution in [3.8, 4) is 22.3 Å². The fraction of sp³-hybridized carbons (Fsp3) is 0.133. The molecule has 0 saturated heterocycles. The molecule has 32 heavy (non-hydrogen) atoms. The Balaban J connectivity index is 1.51.